The molecule has 0 nitrogen and oxygen atoms in total. The second-order valence-electron chi connectivity index (χ2n) is 4.52. The van der Waals surface area contributed by atoms with E-state index in [1.807, 2.05) is 30.3 Å². The molecule has 0 aliphatic heterocycles. The molecule has 0 aromatic heterocycles. The summed E-state index contributed by atoms with van der Waals surface area (Å²) in [6.07, 6.45) is 1.11. The predicted molar refractivity (Wildman–Crippen MR) is 68.0 cm³/mol. The van der Waals surface area contributed by atoms with Gasteiger partial charge in [-0.2, -0.15) is 0 Å². The maximum absolute atomic E-state index is 12.8. The third-order valence-electron chi connectivity index (χ3n) is 3.39. The molecule has 86 valence electrons. The van der Waals surface area contributed by atoms with E-state index in [0.717, 1.165) is 11.4 Å². The fourth-order valence-corrected chi connectivity index (χ4v) is 2.67. The molecule has 1 saturated carbocycles. The molecule has 0 N–H and O–H groups in total. The molecule has 2 atom stereocenters. The number of halogens is 2. The minimum Gasteiger partial charge on any atom is -0.207 e. The van der Waals surface area contributed by atoms with Crippen LogP contribution in [0.2, 0.25) is 5.02 Å². The minimum atomic E-state index is -0.177. The molecule has 0 radical (unpaired) electrons. The van der Waals surface area contributed by atoms with Crippen LogP contribution in [-0.4, -0.2) is 0 Å². The molecule has 3 rings (SSSR count). The largest absolute Gasteiger partial charge is 0.207 e. The second kappa shape index (κ2) is 4.15. The Morgan fingerprint density at radius 3 is 2.35 bits per heavy atom. The fourth-order valence-electron chi connectivity index (χ4n) is 2.39. The highest BCUT2D eigenvalue weighted by atomic mass is 35.5. The summed E-state index contributed by atoms with van der Waals surface area (Å²) in [5, 5.41) is 0.835. The zero-order chi connectivity index (χ0) is 11.8. The topological polar surface area (TPSA) is 0 Å². The van der Waals surface area contributed by atoms with E-state index in [-0.39, 0.29) is 5.82 Å². The van der Waals surface area contributed by atoms with Gasteiger partial charge >= 0.3 is 0 Å². The van der Waals surface area contributed by atoms with Crippen LogP contribution in [0, 0.1) is 5.82 Å². The van der Waals surface area contributed by atoms with Crippen LogP contribution in [0.15, 0.2) is 48.5 Å². The van der Waals surface area contributed by atoms with E-state index < -0.39 is 0 Å². The van der Waals surface area contributed by atoms with Crippen LogP contribution >= 0.6 is 11.6 Å². The van der Waals surface area contributed by atoms with Crippen molar-refractivity contribution in [2.45, 2.75) is 18.3 Å². The van der Waals surface area contributed by atoms with Gasteiger partial charge in [0.15, 0.2) is 0 Å². The molecular weight excluding hydrogens is 235 g/mol. The van der Waals surface area contributed by atoms with Crippen molar-refractivity contribution in [3.05, 3.63) is 70.5 Å². The standard InChI is InChI=1S/C15H12ClF/c16-15-4-2-1-3-12(15)14-9-13(14)10-5-7-11(17)8-6-10/h1-8,13-14H,9H2/t13?,14-/m1/s1. The number of rotatable bonds is 2. The van der Waals surface area contributed by atoms with Gasteiger partial charge in [0.1, 0.15) is 5.82 Å². The molecule has 17 heavy (non-hydrogen) atoms. The summed E-state index contributed by atoms with van der Waals surface area (Å²) in [5.74, 6) is 0.813. The average molecular weight is 247 g/mol. The van der Waals surface area contributed by atoms with Crippen molar-refractivity contribution >= 4 is 11.6 Å². The van der Waals surface area contributed by atoms with E-state index in [2.05, 4.69) is 6.07 Å². The molecule has 2 aromatic rings. The van der Waals surface area contributed by atoms with Crippen LogP contribution < -0.4 is 0 Å². The summed E-state index contributed by atoms with van der Waals surface area (Å²) in [6, 6.07) is 14.8. The first-order chi connectivity index (χ1) is 8.25. The van der Waals surface area contributed by atoms with Gasteiger partial charge in [0.05, 0.1) is 0 Å². The Bertz CT molecular complexity index is 533. The normalized spacial score (nSPS) is 22.5. The van der Waals surface area contributed by atoms with Crippen LogP contribution in [-0.2, 0) is 0 Å². The summed E-state index contributed by atoms with van der Waals surface area (Å²) in [5.41, 5.74) is 2.42. The lowest BCUT2D eigenvalue weighted by molar-refractivity contribution is 0.627. The molecule has 1 aliphatic rings. The number of hydrogen-bond acceptors (Lipinski definition) is 0. The van der Waals surface area contributed by atoms with Crippen molar-refractivity contribution in [3.8, 4) is 0 Å². The van der Waals surface area contributed by atoms with Gasteiger partial charge in [-0.25, -0.2) is 4.39 Å². The lowest BCUT2D eigenvalue weighted by atomic mass is 10.0. The van der Waals surface area contributed by atoms with Crippen LogP contribution in [0.3, 0.4) is 0 Å². The summed E-state index contributed by atoms with van der Waals surface area (Å²) >= 11 is 6.18. The van der Waals surface area contributed by atoms with Gasteiger partial charge in [0.25, 0.3) is 0 Å². The lowest BCUT2D eigenvalue weighted by Gasteiger charge is -2.03. The van der Waals surface area contributed by atoms with Gasteiger partial charge in [0, 0.05) is 5.02 Å². The van der Waals surface area contributed by atoms with Gasteiger partial charge in [-0.1, -0.05) is 41.9 Å². The molecule has 0 amide bonds. The summed E-state index contributed by atoms with van der Waals surface area (Å²) in [6.45, 7) is 0. The first-order valence-electron chi connectivity index (χ1n) is 5.75. The molecule has 1 fully saturated rings. The second-order valence-corrected chi connectivity index (χ2v) is 4.93. The number of benzene rings is 2. The van der Waals surface area contributed by atoms with Gasteiger partial charge < -0.3 is 0 Å². The van der Waals surface area contributed by atoms with E-state index in [1.54, 1.807) is 0 Å². The van der Waals surface area contributed by atoms with Gasteiger partial charge in [-0.3, -0.25) is 0 Å². The highest BCUT2D eigenvalue weighted by Crippen LogP contribution is 2.55. The Hall–Kier alpha value is -1.34. The average Bonchev–Trinajstić information content (AvgIpc) is 3.11. The van der Waals surface area contributed by atoms with Crippen LogP contribution in [0.4, 0.5) is 4.39 Å². The SMILES string of the molecule is Fc1ccc(C2C[C@@H]2c2ccccc2Cl)cc1. The zero-order valence-electron chi connectivity index (χ0n) is 9.24. The summed E-state index contributed by atoms with van der Waals surface area (Å²) in [7, 11) is 0. The van der Waals surface area contributed by atoms with E-state index in [9.17, 15) is 4.39 Å². The van der Waals surface area contributed by atoms with E-state index in [0.29, 0.717) is 11.8 Å². The molecule has 2 heteroatoms. The first-order valence-corrected chi connectivity index (χ1v) is 6.13. The Balaban J connectivity index is 1.83. The van der Waals surface area contributed by atoms with Gasteiger partial charge in [-0.15, -0.1) is 0 Å². The van der Waals surface area contributed by atoms with Crippen LogP contribution in [0.25, 0.3) is 0 Å². The summed E-state index contributed by atoms with van der Waals surface area (Å²) < 4.78 is 12.8. The van der Waals surface area contributed by atoms with E-state index in [4.69, 9.17) is 11.6 Å². The summed E-state index contributed by atoms with van der Waals surface area (Å²) in [4.78, 5) is 0. The van der Waals surface area contributed by atoms with Gasteiger partial charge in [-0.05, 0) is 47.6 Å². The van der Waals surface area contributed by atoms with Crippen molar-refractivity contribution in [1.82, 2.24) is 0 Å². The van der Waals surface area contributed by atoms with Crippen molar-refractivity contribution in [1.29, 1.82) is 0 Å². The fraction of sp³-hybridized carbons (Fsp3) is 0.200. The van der Waals surface area contributed by atoms with Crippen LogP contribution in [0.1, 0.15) is 29.4 Å². The molecule has 0 saturated heterocycles. The monoisotopic (exact) mass is 246 g/mol. The quantitative estimate of drug-likeness (QED) is 0.717. The van der Waals surface area contributed by atoms with Crippen LogP contribution in [0.5, 0.6) is 0 Å². The molecular formula is C15H12ClF. The van der Waals surface area contributed by atoms with Crippen molar-refractivity contribution in [3.63, 3.8) is 0 Å². The molecule has 1 aliphatic carbocycles. The van der Waals surface area contributed by atoms with E-state index >= 15 is 0 Å². The third kappa shape index (κ3) is 2.07. The van der Waals surface area contributed by atoms with Gasteiger partial charge in [0.2, 0.25) is 0 Å². The number of hydrogen-bond donors (Lipinski definition) is 0. The zero-order valence-corrected chi connectivity index (χ0v) is 9.99. The first kappa shape index (κ1) is 10.8. The maximum Gasteiger partial charge on any atom is 0.123 e. The molecule has 2 aromatic carbocycles. The highest BCUT2D eigenvalue weighted by molar-refractivity contribution is 6.31. The minimum absolute atomic E-state index is 0.177. The van der Waals surface area contributed by atoms with Crippen molar-refractivity contribution in [2.75, 3.05) is 0 Å². The Kier molecular flexibility index (Phi) is 2.64. The Morgan fingerprint density at radius 2 is 1.65 bits per heavy atom. The lowest BCUT2D eigenvalue weighted by Crippen LogP contribution is -1.86. The van der Waals surface area contributed by atoms with Crippen molar-refractivity contribution in [2.24, 2.45) is 0 Å². The molecule has 1 unspecified atom stereocenters. The Labute approximate surface area is 105 Å². The third-order valence-corrected chi connectivity index (χ3v) is 3.74. The predicted octanol–water partition coefficient (Wildman–Crippen LogP) is 4.75. The van der Waals surface area contributed by atoms with Crippen molar-refractivity contribution < 1.29 is 4.39 Å². The maximum atomic E-state index is 12.8. The highest BCUT2D eigenvalue weighted by Gasteiger charge is 2.40. The smallest absolute Gasteiger partial charge is 0.123 e. The van der Waals surface area contributed by atoms with E-state index in [1.165, 1.54) is 23.3 Å². The Morgan fingerprint density at radius 1 is 0.941 bits per heavy atom. The molecule has 0 heterocycles. The molecule has 0 spiro atoms. The molecule has 0 bridgehead atoms.